The van der Waals surface area contributed by atoms with Crippen molar-refractivity contribution in [1.82, 2.24) is 4.98 Å². The molecule has 2 aliphatic heterocycles. The number of para-hydroxylation sites is 4. The van der Waals surface area contributed by atoms with Gasteiger partial charge in [-0.1, -0.05) is 241 Å². The van der Waals surface area contributed by atoms with Crippen LogP contribution in [0.3, 0.4) is 0 Å². The van der Waals surface area contributed by atoms with Crippen molar-refractivity contribution in [1.29, 1.82) is 0 Å². The van der Waals surface area contributed by atoms with E-state index in [1.54, 1.807) is 0 Å². The Morgan fingerprint density at radius 2 is 0.851 bits per heavy atom. The number of rotatable bonds is 9. The van der Waals surface area contributed by atoms with Crippen LogP contribution in [0.15, 0.2) is 249 Å². The minimum Gasteiger partial charge on any atom is -0.321 e. The monoisotopic (exact) mass is 1140 g/mol. The van der Waals surface area contributed by atoms with Crippen molar-refractivity contribution >= 4 is 57.0 Å². The maximum atomic E-state index is 9.60. The third-order valence-corrected chi connectivity index (χ3v) is 17.0. The summed E-state index contributed by atoms with van der Waals surface area (Å²) in [5, 5.41) is 0. The van der Waals surface area contributed by atoms with E-state index < -0.39 is 65.8 Å². The second kappa shape index (κ2) is 21.8. The fourth-order valence-corrected chi connectivity index (χ4v) is 12.2. The lowest BCUT2D eigenvalue weighted by Crippen LogP contribution is -2.25. The average Bonchev–Trinajstić information content (AvgIpc) is 1.71. The van der Waals surface area contributed by atoms with Gasteiger partial charge < -0.3 is 14.7 Å². The SMILES string of the molecule is [2H]c1c([2H])c([2H])c(-c2cc(C(C)(C)C)cc(-c3c([2H])c([2H])c([2H])c([2H])c3[2H])c2N2CN(c3cc(-c4cc(C(C)(C)C)cc(C(C)(C)C)c4)cc(N(c4ccccc4)c4ccc5c(c4)N(c4cc(C(C)(C)C)ccn4)c4ccccc4-c4ccccc4-5)c3)c3ccccc32)c([2H])c1[2H]. The van der Waals surface area contributed by atoms with E-state index in [4.69, 9.17) is 13.2 Å². The molecule has 0 bridgehead atoms. The van der Waals surface area contributed by atoms with Gasteiger partial charge >= 0.3 is 0 Å². The Morgan fingerprint density at radius 3 is 1.43 bits per heavy atom. The van der Waals surface area contributed by atoms with Crippen LogP contribution in [0.5, 0.6) is 0 Å². The van der Waals surface area contributed by atoms with E-state index in [9.17, 15) is 5.48 Å². The van der Waals surface area contributed by atoms with Gasteiger partial charge in [-0.25, -0.2) is 4.98 Å². The zero-order chi connectivity index (χ0) is 69.3. The number of hydrogen-bond acceptors (Lipinski definition) is 5. The molecule has 0 fully saturated rings. The van der Waals surface area contributed by atoms with Crippen LogP contribution in [0, 0.1) is 0 Å². The molecule has 432 valence electrons. The molecule has 0 spiro atoms. The lowest BCUT2D eigenvalue weighted by Gasteiger charge is -2.32. The van der Waals surface area contributed by atoms with Crippen LogP contribution < -0.4 is 19.6 Å². The summed E-state index contributed by atoms with van der Waals surface area (Å²) in [6, 6.07) is 58.8. The van der Waals surface area contributed by atoms with Gasteiger partial charge in [0.25, 0.3) is 0 Å². The quantitative estimate of drug-likeness (QED) is 0.143. The van der Waals surface area contributed by atoms with E-state index in [2.05, 4.69) is 217 Å². The highest BCUT2D eigenvalue weighted by atomic mass is 15.4. The number of benzene rings is 10. The Bertz CT molecular complexity index is 4820. The van der Waals surface area contributed by atoms with Crippen LogP contribution in [0.2, 0.25) is 0 Å². The summed E-state index contributed by atoms with van der Waals surface area (Å²) in [4.78, 5) is 14.0. The summed E-state index contributed by atoms with van der Waals surface area (Å²) in [5.74, 6) is 0.782. The molecular formula is C82H79N5. The molecule has 10 aromatic carbocycles. The van der Waals surface area contributed by atoms with E-state index in [1.807, 2.05) is 74.3 Å². The van der Waals surface area contributed by atoms with Crippen molar-refractivity contribution < 1.29 is 13.7 Å². The van der Waals surface area contributed by atoms with Crippen molar-refractivity contribution in [3.8, 4) is 55.6 Å². The fourth-order valence-electron chi connectivity index (χ4n) is 12.2. The van der Waals surface area contributed by atoms with E-state index in [1.165, 1.54) is 11.1 Å². The van der Waals surface area contributed by atoms with Crippen LogP contribution in [-0.4, -0.2) is 11.7 Å². The molecule has 5 heteroatoms. The maximum absolute atomic E-state index is 9.60. The number of pyridine rings is 1. The zero-order valence-corrected chi connectivity index (χ0v) is 51.8. The Morgan fingerprint density at radius 1 is 0.356 bits per heavy atom. The molecule has 0 radical (unpaired) electrons. The standard InChI is InChI=1S/C82H79N5/c1-79(2,3)59-42-43-83-77(51-59)87-73-37-25-24-36-69(73)67-34-22-23-35-68(67)70-41-40-64(53-76(70)87)86(63-32-20-15-21-33-63)66-47-58(57-44-60(80(4,5)6)48-61(45-57)81(7,8)9)46-65(52-66)84-54-85(75-39-27-26-38-74(75)84)78-71(55-28-16-13-17-29-55)49-62(82(10,11)12)50-72(78)56-30-18-14-19-31-56/h13-53H,54H2,1-12H3/i13D,14D,16D,17D,18D,19D,28D,29D,30D,31D. The largest absolute Gasteiger partial charge is 0.321 e. The van der Waals surface area contributed by atoms with Gasteiger partial charge in [-0.2, -0.15) is 0 Å². The van der Waals surface area contributed by atoms with Crippen molar-refractivity contribution in [3.05, 3.63) is 271 Å². The lowest BCUT2D eigenvalue weighted by atomic mass is 9.79. The molecule has 0 unspecified atom stereocenters. The molecule has 0 aliphatic carbocycles. The van der Waals surface area contributed by atoms with Gasteiger partial charge in [0.05, 0.1) is 42.1 Å². The fraction of sp³-hybridized carbons (Fsp3) is 0.207. The second-order valence-electron chi connectivity index (χ2n) is 27.1. The topological polar surface area (TPSA) is 25.9 Å². The molecule has 87 heavy (non-hydrogen) atoms. The molecule has 0 saturated heterocycles. The summed E-state index contributed by atoms with van der Waals surface area (Å²) in [5.41, 5.74) is 16.4. The smallest absolute Gasteiger partial charge is 0.137 e. The Labute approximate surface area is 531 Å². The van der Waals surface area contributed by atoms with Crippen LogP contribution in [0.25, 0.3) is 55.6 Å². The van der Waals surface area contributed by atoms with Gasteiger partial charge in [-0.05, 0) is 162 Å². The number of anilines is 10. The van der Waals surface area contributed by atoms with E-state index >= 15 is 0 Å². The number of hydrogen-bond donors (Lipinski definition) is 0. The Kier molecular flexibility index (Phi) is 11.5. The maximum Gasteiger partial charge on any atom is 0.137 e. The lowest BCUT2D eigenvalue weighted by molar-refractivity contribution is 0.569. The Hall–Kier alpha value is -9.45. The predicted molar refractivity (Wildman–Crippen MR) is 371 cm³/mol. The van der Waals surface area contributed by atoms with Crippen molar-refractivity contribution in [2.24, 2.45) is 0 Å². The normalized spacial score (nSPS) is 14.8. The molecule has 5 nitrogen and oxygen atoms in total. The average molecular weight is 1140 g/mol. The molecule has 13 rings (SSSR count). The highest BCUT2D eigenvalue weighted by Crippen LogP contribution is 2.55. The highest BCUT2D eigenvalue weighted by Gasteiger charge is 2.35. The first-order valence-electron chi connectivity index (χ1n) is 35.0. The molecule has 3 heterocycles. The number of nitrogens with zero attached hydrogens (tertiary/aromatic N) is 5. The summed E-state index contributed by atoms with van der Waals surface area (Å²) >= 11 is 0. The van der Waals surface area contributed by atoms with Crippen LogP contribution in [0.4, 0.5) is 57.0 Å². The van der Waals surface area contributed by atoms with E-state index in [0.29, 0.717) is 16.9 Å². The van der Waals surface area contributed by atoms with Gasteiger partial charge in [0.2, 0.25) is 0 Å². The van der Waals surface area contributed by atoms with Crippen molar-refractivity contribution in [2.75, 3.05) is 26.3 Å². The first-order valence-corrected chi connectivity index (χ1v) is 30.0. The molecule has 0 N–H and O–H groups in total. The number of fused-ring (bicyclic) bond motifs is 6. The van der Waals surface area contributed by atoms with Gasteiger partial charge in [0.1, 0.15) is 12.5 Å². The van der Waals surface area contributed by atoms with E-state index in [-0.39, 0.29) is 45.2 Å². The summed E-state index contributed by atoms with van der Waals surface area (Å²) in [6.45, 7) is 26.1. The molecule has 2 aliphatic rings. The van der Waals surface area contributed by atoms with Crippen molar-refractivity contribution in [2.45, 2.75) is 105 Å². The third-order valence-electron chi connectivity index (χ3n) is 17.0. The van der Waals surface area contributed by atoms with E-state index in [0.717, 1.165) is 84.6 Å². The van der Waals surface area contributed by atoms with Crippen LogP contribution >= 0.6 is 0 Å². The van der Waals surface area contributed by atoms with Crippen molar-refractivity contribution in [3.63, 3.8) is 0 Å². The highest BCUT2D eigenvalue weighted by molar-refractivity contribution is 6.04. The molecule has 0 amide bonds. The molecule has 0 atom stereocenters. The molecule has 1 aromatic heterocycles. The zero-order valence-electron chi connectivity index (χ0n) is 61.8. The minimum absolute atomic E-state index is 0.0578. The van der Waals surface area contributed by atoms with Gasteiger partial charge in [0.15, 0.2) is 0 Å². The summed E-state index contributed by atoms with van der Waals surface area (Å²) in [6.07, 6.45) is 1.91. The summed E-state index contributed by atoms with van der Waals surface area (Å²) < 4.78 is 92.1. The van der Waals surface area contributed by atoms with Gasteiger partial charge in [0, 0.05) is 51.2 Å². The summed E-state index contributed by atoms with van der Waals surface area (Å²) in [7, 11) is 0. The van der Waals surface area contributed by atoms with Gasteiger partial charge in [-0.3, -0.25) is 4.90 Å². The Balaban J connectivity index is 1.11. The molecule has 11 aromatic rings. The molecular weight excluding hydrogens is 1050 g/mol. The van der Waals surface area contributed by atoms with Crippen LogP contribution in [0.1, 0.15) is 119 Å². The number of aromatic nitrogens is 1. The van der Waals surface area contributed by atoms with Gasteiger partial charge in [-0.15, -0.1) is 0 Å². The van der Waals surface area contributed by atoms with Crippen LogP contribution in [-0.2, 0) is 21.7 Å². The first-order chi connectivity index (χ1) is 45.8. The minimum atomic E-state index is -0.658. The first kappa shape index (κ1) is 45.9. The predicted octanol–water partition coefficient (Wildman–Crippen LogP) is 23.1. The third kappa shape index (κ3) is 10.8. The second-order valence-corrected chi connectivity index (χ2v) is 27.1. The molecule has 0 saturated carbocycles.